The van der Waals surface area contributed by atoms with E-state index in [0.29, 0.717) is 17.3 Å². The number of allylic oxidation sites excluding steroid dienone is 2. The molecule has 6 nitrogen and oxygen atoms in total. The van der Waals surface area contributed by atoms with Crippen LogP contribution in [-0.4, -0.2) is 63.8 Å². The number of fused-ring (bicyclic) bond motifs is 5. The molecule has 5 aliphatic rings. The number of ether oxygens (including phenoxy) is 2. The summed E-state index contributed by atoms with van der Waals surface area (Å²) in [6.07, 6.45) is 7.61. The Morgan fingerprint density at radius 3 is 2.27 bits per heavy atom. The van der Waals surface area contributed by atoms with Gasteiger partial charge in [-0.3, -0.25) is 0 Å². The summed E-state index contributed by atoms with van der Waals surface area (Å²) in [6.45, 7) is 16.7. The topological polar surface area (TPSA) is 99.4 Å². The zero-order valence-electron chi connectivity index (χ0n) is 26.8. The highest BCUT2D eigenvalue weighted by atomic mass is 16.7. The predicted molar refractivity (Wildman–Crippen MR) is 161 cm³/mol. The minimum absolute atomic E-state index is 0.0942. The van der Waals surface area contributed by atoms with Crippen LogP contribution in [0.3, 0.4) is 0 Å². The average molecular weight is 577 g/mol. The van der Waals surface area contributed by atoms with Gasteiger partial charge in [0.25, 0.3) is 0 Å². The van der Waals surface area contributed by atoms with Crippen LogP contribution in [0.5, 0.6) is 0 Å². The fraction of sp³-hybridized carbons (Fsp3) is 0.943. The predicted octanol–water partition coefficient (Wildman–Crippen LogP) is 5.70. The molecule has 236 valence electrons. The molecule has 3 saturated carbocycles. The van der Waals surface area contributed by atoms with Gasteiger partial charge in [-0.2, -0.15) is 0 Å². The number of aliphatic hydroxyl groups excluding tert-OH is 4. The Hall–Kier alpha value is -0.500. The van der Waals surface area contributed by atoms with Gasteiger partial charge in [-0.05, 0) is 103 Å². The molecular weight excluding hydrogens is 516 g/mol. The molecule has 4 aliphatic carbocycles. The summed E-state index contributed by atoms with van der Waals surface area (Å²) in [5.74, 6) is 5.36. The summed E-state index contributed by atoms with van der Waals surface area (Å²) < 4.78 is 12.1. The summed E-state index contributed by atoms with van der Waals surface area (Å²) in [6, 6.07) is 0. The lowest BCUT2D eigenvalue weighted by atomic mass is 9.46. The molecule has 0 aromatic heterocycles. The van der Waals surface area contributed by atoms with E-state index in [9.17, 15) is 20.4 Å². The van der Waals surface area contributed by atoms with E-state index in [1.165, 1.54) is 38.5 Å². The fourth-order valence-electron chi connectivity index (χ4n) is 10.5. The van der Waals surface area contributed by atoms with Gasteiger partial charge in [0.2, 0.25) is 0 Å². The largest absolute Gasteiger partial charge is 0.394 e. The summed E-state index contributed by atoms with van der Waals surface area (Å²) in [4.78, 5) is 0. The number of aliphatic hydroxyl groups is 4. The smallest absolute Gasteiger partial charge is 0.186 e. The van der Waals surface area contributed by atoms with Crippen LogP contribution in [0, 0.1) is 58.2 Å². The van der Waals surface area contributed by atoms with E-state index in [0.717, 1.165) is 48.9 Å². The van der Waals surface area contributed by atoms with E-state index < -0.39 is 37.3 Å². The maximum atomic E-state index is 10.6. The first-order valence-corrected chi connectivity index (χ1v) is 17.0. The van der Waals surface area contributed by atoms with Crippen molar-refractivity contribution in [3.8, 4) is 0 Å². The Balaban J connectivity index is 1.27. The quantitative estimate of drug-likeness (QED) is 0.277. The summed E-state index contributed by atoms with van der Waals surface area (Å²) in [7, 11) is 0. The van der Waals surface area contributed by atoms with Crippen molar-refractivity contribution in [3.63, 3.8) is 0 Å². The van der Waals surface area contributed by atoms with Crippen LogP contribution in [0.4, 0.5) is 0 Å². The minimum Gasteiger partial charge on any atom is -0.394 e. The highest BCUT2D eigenvalue weighted by molar-refractivity contribution is 5.28. The van der Waals surface area contributed by atoms with E-state index in [2.05, 4.69) is 54.5 Å². The second-order valence-corrected chi connectivity index (χ2v) is 15.9. The SMILES string of the molecule is CC(C)[C@H](C)CC[C@@H](C)[C@H]1CC[C@H]2C3=CC[C@H]4[C@H](C)[C@@H](O[C@@H]5O[C@H](CO)[C@@H](O)[C@H](O)[C@H]5O)CC[C@@]4(C)[C@@H]3CC[C@@]12C. The van der Waals surface area contributed by atoms with Gasteiger partial charge in [-0.15, -0.1) is 0 Å². The lowest BCUT2D eigenvalue weighted by molar-refractivity contribution is -0.320. The zero-order chi connectivity index (χ0) is 29.9. The summed E-state index contributed by atoms with van der Waals surface area (Å²) in [5, 5.41) is 40.6. The number of rotatable bonds is 8. The highest BCUT2D eigenvalue weighted by Gasteiger charge is 2.59. The van der Waals surface area contributed by atoms with E-state index in [1.807, 2.05) is 0 Å². The Kier molecular flexibility index (Phi) is 9.43. The molecule has 15 atom stereocenters. The number of hydrogen-bond acceptors (Lipinski definition) is 6. The fourth-order valence-corrected chi connectivity index (χ4v) is 10.5. The molecular formula is C35H60O6. The lowest BCUT2D eigenvalue weighted by Crippen LogP contribution is -2.60. The molecule has 0 aromatic carbocycles. The molecule has 41 heavy (non-hydrogen) atoms. The molecule has 0 radical (unpaired) electrons. The van der Waals surface area contributed by atoms with Crippen molar-refractivity contribution in [1.29, 1.82) is 0 Å². The van der Waals surface area contributed by atoms with Crippen molar-refractivity contribution >= 4 is 0 Å². The van der Waals surface area contributed by atoms with Gasteiger partial charge >= 0.3 is 0 Å². The van der Waals surface area contributed by atoms with Crippen molar-refractivity contribution in [2.75, 3.05) is 6.61 Å². The Morgan fingerprint density at radius 2 is 1.59 bits per heavy atom. The van der Waals surface area contributed by atoms with Crippen LogP contribution in [0.25, 0.3) is 0 Å². The Labute approximate surface area is 249 Å². The van der Waals surface area contributed by atoms with Gasteiger partial charge in [-0.25, -0.2) is 0 Å². The highest BCUT2D eigenvalue weighted by Crippen LogP contribution is 2.67. The summed E-state index contributed by atoms with van der Waals surface area (Å²) in [5.41, 5.74) is 2.46. The van der Waals surface area contributed by atoms with Gasteiger partial charge in [-0.1, -0.05) is 73.0 Å². The molecule has 0 spiro atoms. The van der Waals surface area contributed by atoms with E-state index in [1.54, 1.807) is 5.57 Å². The first-order chi connectivity index (χ1) is 19.3. The van der Waals surface area contributed by atoms with E-state index >= 15 is 0 Å². The van der Waals surface area contributed by atoms with Crippen molar-refractivity contribution in [1.82, 2.24) is 0 Å². The van der Waals surface area contributed by atoms with Crippen molar-refractivity contribution in [2.24, 2.45) is 58.2 Å². The Bertz CT molecular complexity index is 934. The van der Waals surface area contributed by atoms with Gasteiger partial charge in [0.05, 0.1) is 12.7 Å². The molecule has 1 heterocycles. The summed E-state index contributed by atoms with van der Waals surface area (Å²) >= 11 is 0. The molecule has 4 N–H and O–H groups in total. The maximum Gasteiger partial charge on any atom is 0.186 e. The van der Waals surface area contributed by atoms with Crippen LogP contribution >= 0.6 is 0 Å². The molecule has 0 unspecified atom stereocenters. The molecule has 1 saturated heterocycles. The van der Waals surface area contributed by atoms with Gasteiger partial charge < -0.3 is 29.9 Å². The second kappa shape index (κ2) is 12.1. The lowest BCUT2D eigenvalue weighted by Gasteiger charge is -2.60. The average Bonchev–Trinajstić information content (AvgIpc) is 3.30. The normalized spacial score (nSPS) is 49.6. The van der Waals surface area contributed by atoms with Crippen LogP contribution in [0.1, 0.15) is 106 Å². The molecule has 0 aromatic rings. The third-order valence-electron chi connectivity index (χ3n) is 13.7. The van der Waals surface area contributed by atoms with E-state index in [4.69, 9.17) is 9.47 Å². The zero-order valence-corrected chi connectivity index (χ0v) is 26.8. The Morgan fingerprint density at radius 1 is 0.902 bits per heavy atom. The minimum atomic E-state index is -1.40. The second-order valence-electron chi connectivity index (χ2n) is 15.9. The van der Waals surface area contributed by atoms with Crippen LogP contribution < -0.4 is 0 Å². The van der Waals surface area contributed by atoms with Gasteiger partial charge in [0, 0.05) is 0 Å². The molecule has 6 heteroatoms. The third-order valence-corrected chi connectivity index (χ3v) is 13.7. The third kappa shape index (κ3) is 5.50. The maximum absolute atomic E-state index is 10.6. The molecule has 4 fully saturated rings. The van der Waals surface area contributed by atoms with Crippen LogP contribution in [0.2, 0.25) is 0 Å². The monoisotopic (exact) mass is 576 g/mol. The van der Waals surface area contributed by atoms with Gasteiger partial charge in [0.1, 0.15) is 24.4 Å². The first-order valence-electron chi connectivity index (χ1n) is 17.0. The van der Waals surface area contributed by atoms with Crippen LogP contribution in [0.15, 0.2) is 11.6 Å². The van der Waals surface area contributed by atoms with E-state index in [-0.39, 0.29) is 17.4 Å². The van der Waals surface area contributed by atoms with Gasteiger partial charge in [0.15, 0.2) is 6.29 Å². The van der Waals surface area contributed by atoms with Crippen molar-refractivity contribution in [2.45, 2.75) is 143 Å². The van der Waals surface area contributed by atoms with Crippen molar-refractivity contribution < 1.29 is 29.9 Å². The standard InChI is InChI=1S/C35H60O6/c1-19(2)20(3)8-9-21(4)24-12-13-26-23-10-11-25-22(5)28(15-17-35(25,7)27(23)14-16-34(24,26)6)40-33-32(39)31(38)30(37)29(18-36)41-33/h10,19-22,24-33,36-39H,8-9,11-18H2,1-7H3/t20-,21-,22+,24-,25+,26+,27-,28+,29-,30-,31+,32-,33-,34+,35-/m1/s1. The molecule has 0 amide bonds. The number of hydrogen-bond donors (Lipinski definition) is 4. The van der Waals surface area contributed by atoms with Crippen LogP contribution in [-0.2, 0) is 9.47 Å². The molecule has 0 bridgehead atoms. The molecule has 5 rings (SSSR count). The van der Waals surface area contributed by atoms with Crippen molar-refractivity contribution in [3.05, 3.63) is 11.6 Å². The molecule has 1 aliphatic heterocycles. The first kappa shape index (κ1) is 31.9.